The van der Waals surface area contributed by atoms with Crippen LogP contribution in [-0.2, 0) is 18.9 Å². The minimum atomic E-state index is -0.573. The zero-order chi connectivity index (χ0) is 28.4. The minimum absolute atomic E-state index is 0.347. The summed E-state index contributed by atoms with van der Waals surface area (Å²) >= 11 is 0. The van der Waals surface area contributed by atoms with Crippen molar-refractivity contribution in [3.8, 4) is 0 Å². The van der Waals surface area contributed by atoms with Gasteiger partial charge in [-0.15, -0.1) is 0 Å². The van der Waals surface area contributed by atoms with E-state index in [9.17, 15) is 0 Å². The van der Waals surface area contributed by atoms with Crippen LogP contribution in [0.5, 0.6) is 0 Å². The van der Waals surface area contributed by atoms with Gasteiger partial charge < -0.3 is 18.9 Å². The Bertz CT molecular complexity index is 751. The van der Waals surface area contributed by atoms with Crippen LogP contribution in [0.25, 0.3) is 0 Å². The first-order valence-corrected chi connectivity index (χ1v) is 19.3. The highest BCUT2D eigenvalue weighted by Crippen LogP contribution is 2.65. The molecule has 7 aliphatic rings. The van der Waals surface area contributed by atoms with Gasteiger partial charge in [-0.3, -0.25) is 0 Å². The summed E-state index contributed by atoms with van der Waals surface area (Å²) in [6.07, 6.45) is 36.7. The van der Waals surface area contributed by atoms with Crippen molar-refractivity contribution in [3.63, 3.8) is 0 Å². The largest absolute Gasteiger partial charge is 0.347 e. The Morgan fingerprint density at radius 3 is 0.952 bits per heavy atom. The van der Waals surface area contributed by atoms with Crippen molar-refractivity contribution >= 4 is 0 Å². The van der Waals surface area contributed by atoms with Crippen molar-refractivity contribution in [2.45, 2.75) is 203 Å². The lowest BCUT2D eigenvalue weighted by atomic mass is 9.61. The molecule has 0 aromatic carbocycles. The van der Waals surface area contributed by atoms with E-state index in [2.05, 4.69) is 0 Å². The average molecular weight is 585 g/mol. The highest BCUT2D eigenvalue weighted by Gasteiger charge is 2.74. The molecule has 0 N–H and O–H groups in total. The van der Waals surface area contributed by atoms with E-state index in [-0.39, 0.29) is 11.2 Å². The van der Waals surface area contributed by atoms with Crippen molar-refractivity contribution in [1.29, 1.82) is 0 Å². The number of hydrogen-bond donors (Lipinski definition) is 0. The normalized spacial score (nSPS) is 48.0. The molecular formula is C38H64O4. The highest BCUT2D eigenvalue weighted by molar-refractivity contribution is 5.16. The third-order valence-electron chi connectivity index (χ3n) is 13.3. The molecule has 3 saturated heterocycles. The molecule has 4 heteroatoms. The van der Waals surface area contributed by atoms with Crippen molar-refractivity contribution in [3.05, 3.63) is 0 Å². The van der Waals surface area contributed by atoms with E-state index >= 15 is 0 Å². The molecule has 0 aromatic rings. The highest BCUT2D eigenvalue weighted by atomic mass is 16.8. The van der Waals surface area contributed by atoms with Crippen LogP contribution in [0.1, 0.15) is 180 Å². The summed E-state index contributed by atoms with van der Waals surface area (Å²) in [4.78, 5) is 0. The quantitative estimate of drug-likeness (QED) is 0.284. The summed E-state index contributed by atoms with van der Waals surface area (Å²) in [5.74, 6) is 1.79. The molecule has 4 aliphatic carbocycles. The molecule has 3 heterocycles. The molecule has 4 saturated carbocycles. The predicted molar refractivity (Wildman–Crippen MR) is 168 cm³/mol. The monoisotopic (exact) mass is 584 g/mol. The molecule has 0 amide bonds. The molecule has 240 valence electrons. The van der Waals surface area contributed by atoms with Gasteiger partial charge in [-0.1, -0.05) is 116 Å². The molecule has 0 radical (unpaired) electrons. The van der Waals surface area contributed by atoms with Crippen molar-refractivity contribution in [1.82, 2.24) is 0 Å². The lowest BCUT2D eigenvalue weighted by Crippen LogP contribution is -2.77. The van der Waals surface area contributed by atoms with Gasteiger partial charge in [-0.25, -0.2) is 0 Å². The van der Waals surface area contributed by atoms with Gasteiger partial charge in [0.2, 0.25) is 0 Å². The first-order valence-electron chi connectivity index (χ1n) is 19.3. The minimum Gasteiger partial charge on any atom is -0.347 e. The Morgan fingerprint density at radius 2 is 0.667 bits per heavy atom. The van der Waals surface area contributed by atoms with Gasteiger partial charge >= 0.3 is 0 Å². The van der Waals surface area contributed by atoms with Gasteiger partial charge in [0.25, 0.3) is 0 Å². The Kier molecular flexibility index (Phi) is 9.65. The second-order valence-corrected chi connectivity index (χ2v) is 16.5. The standard InChI is InChI=1S/C38H64O4/c1-3-7-11-17-31-25-32(18-12-8-4-1)28-35(27-31)37(21-15-23-39-37)42-36(38(41-35)22-16-24-40-38)29-33-19-13-9-5-2-6-10-14-20-34(26-33)30-36/h31-34H,1-30H2/t31-,32-,33-,34-,37-,38+/m1/s1. The van der Waals surface area contributed by atoms with Crippen molar-refractivity contribution < 1.29 is 18.9 Å². The lowest BCUT2D eigenvalue weighted by Gasteiger charge is -2.67. The number of hydrogen-bond acceptors (Lipinski definition) is 4. The SMILES string of the molecule is C1CCCC[C@@H]2C[C@@H](CCCC1)CC1(C2)O[C@]2(CCCO2)C2(C[C@@H]3CCCCCCCCC[C@H](C3)C2)O[C@@]12CCCO2. The molecule has 7 rings (SSSR count). The molecule has 3 aliphatic heterocycles. The molecule has 42 heavy (non-hydrogen) atoms. The summed E-state index contributed by atoms with van der Waals surface area (Å²) in [7, 11) is 0. The lowest BCUT2D eigenvalue weighted by molar-refractivity contribution is -0.500. The Balaban J connectivity index is 1.22. The summed E-state index contributed by atoms with van der Waals surface area (Å²) in [6, 6.07) is 0. The Labute approximate surface area is 258 Å². The van der Waals surface area contributed by atoms with E-state index in [0.29, 0.717) is 0 Å². The maximum absolute atomic E-state index is 7.92. The third-order valence-corrected chi connectivity index (χ3v) is 13.3. The number of fused-ring (bicyclic) bond motifs is 6. The van der Waals surface area contributed by atoms with Gasteiger partial charge in [0.15, 0.2) is 11.6 Å². The van der Waals surface area contributed by atoms with Gasteiger partial charge in [0, 0.05) is 12.8 Å². The van der Waals surface area contributed by atoms with E-state index in [1.54, 1.807) is 0 Å². The van der Waals surface area contributed by atoms with E-state index in [1.807, 2.05) is 0 Å². The first-order chi connectivity index (χ1) is 20.6. The summed E-state index contributed by atoms with van der Waals surface area (Å²) < 4.78 is 29.8. The smallest absolute Gasteiger partial charge is 0.198 e. The van der Waals surface area contributed by atoms with E-state index in [1.165, 1.54) is 128 Å². The summed E-state index contributed by atoms with van der Waals surface area (Å²) in [6.45, 7) is 1.66. The van der Waals surface area contributed by atoms with Crippen molar-refractivity contribution in [2.24, 2.45) is 23.7 Å². The number of rotatable bonds is 0. The fourth-order valence-corrected chi connectivity index (χ4v) is 11.6. The van der Waals surface area contributed by atoms with Gasteiger partial charge in [-0.05, 0) is 75.0 Å². The van der Waals surface area contributed by atoms with Crippen LogP contribution in [-0.4, -0.2) is 36.0 Å². The average Bonchev–Trinajstić information content (AvgIpc) is 3.65. The molecule has 4 spiro atoms. The molecule has 0 aromatic heterocycles. The molecule has 4 nitrogen and oxygen atoms in total. The molecule has 0 unspecified atom stereocenters. The fraction of sp³-hybridized carbons (Fsp3) is 1.00. The molecule has 6 atom stereocenters. The van der Waals surface area contributed by atoms with Crippen LogP contribution in [0.4, 0.5) is 0 Å². The maximum Gasteiger partial charge on any atom is 0.198 e. The van der Waals surface area contributed by atoms with Gasteiger partial charge in [0.05, 0.1) is 13.2 Å². The Hall–Kier alpha value is -0.160. The van der Waals surface area contributed by atoms with Crippen LogP contribution in [0, 0.1) is 23.7 Å². The van der Waals surface area contributed by atoms with E-state index in [0.717, 1.165) is 88.3 Å². The van der Waals surface area contributed by atoms with E-state index < -0.39 is 11.6 Å². The molecule has 7 fully saturated rings. The summed E-state index contributed by atoms with van der Waals surface area (Å²) in [5, 5.41) is 0. The second kappa shape index (κ2) is 13.3. The topological polar surface area (TPSA) is 36.9 Å². The first kappa shape index (κ1) is 30.5. The zero-order valence-electron chi connectivity index (χ0n) is 27.2. The van der Waals surface area contributed by atoms with E-state index in [4.69, 9.17) is 18.9 Å². The van der Waals surface area contributed by atoms with Crippen LogP contribution < -0.4 is 0 Å². The molecular weight excluding hydrogens is 520 g/mol. The van der Waals surface area contributed by atoms with Gasteiger partial charge in [0.1, 0.15) is 11.2 Å². The molecule has 4 bridgehead atoms. The zero-order valence-corrected chi connectivity index (χ0v) is 27.2. The summed E-state index contributed by atoms with van der Waals surface area (Å²) in [5.41, 5.74) is -0.694. The third kappa shape index (κ3) is 6.03. The van der Waals surface area contributed by atoms with Crippen molar-refractivity contribution in [2.75, 3.05) is 13.2 Å². The van der Waals surface area contributed by atoms with Gasteiger partial charge in [-0.2, -0.15) is 0 Å². The predicted octanol–water partition coefficient (Wildman–Crippen LogP) is 10.4. The maximum atomic E-state index is 7.92. The van der Waals surface area contributed by atoms with Crippen LogP contribution in [0.2, 0.25) is 0 Å². The van der Waals surface area contributed by atoms with Crippen LogP contribution in [0.3, 0.4) is 0 Å². The van der Waals surface area contributed by atoms with Crippen LogP contribution in [0.15, 0.2) is 0 Å². The number of ether oxygens (including phenoxy) is 4. The Morgan fingerprint density at radius 1 is 0.357 bits per heavy atom. The second-order valence-electron chi connectivity index (χ2n) is 16.5. The fourth-order valence-electron chi connectivity index (χ4n) is 11.6. The van der Waals surface area contributed by atoms with Crippen LogP contribution >= 0.6 is 0 Å².